The van der Waals surface area contributed by atoms with E-state index in [0.717, 1.165) is 5.82 Å². The van der Waals surface area contributed by atoms with Gasteiger partial charge in [-0.15, -0.1) is 0 Å². The van der Waals surface area contributed by atoms with Gasteiger partial charge in [0.05, 0.1) is 5.56 Å². The number of likely N-dealkylation sites (tertiary alicyclic amines) is 1. The van der Waals surface area contributed by atoms with Crippen LogP contribution in [0.15, 0.2) is 18.3 Å². The molecule has 2 atom stereocenters. The van der Waals surface area contributed by atoms with Crippen molar-refractivity contribution in [3.8, 4) is 0 Å². The van der Waals surface area contributed by atoms with E-state index in [1.54, 1.807) is 12.1 Å². The van der Waals surface area contributed by atoms with Crippen LogP contribution in [0.1, 0.15) is 23.7 Å². The Morgan fingerprint density at radius 3 is 2.60 bits per heavy atom. The Morgan fingerprint density at radius 1 is 1.40 bits per heavy atom. The van der Waals surface area contributed by atoms with Crippen molar-refractivity contribution in [2.24, 2.45) is 5.92 Å². The number of rotatable bonds is 3. The lowest BCUT2D eigenvalue weighted by Gasteiger charge is -2.23. The van der Waals surface area contributed by atoms with Gasteiger partial charge in [0.1, 0.15) is 11.9 Å². The number of hydrogen-bond donors (Lipinski definition) is 1. The van der Waals surface area contributed by atoms with Crippen molar-refractivity contribution in [1.82, 2.24) is 9.88 Å². The number of aliphatic carboxylic acids is 1. The number of carbonyl (C=O) groups is 2. The standard InChI is InChI=1S/C14H19N3O3/c1-9-6-7-17(12(9)14(19)20)13(18)10-4-5-11(15-8-10)16(2)3/h4-5,8-9,12H,6-7H2,1-3H3,(H,19,20). The summed E-state index contributed by atoms with van der Waals surface area (Å²) in [5.74, 6) is -0.475. The number of nitrogens with zero attached hydrogens (tertiary/aromatic N) is 3. The van der Waals surface area contributed by atoms with Crippen molar-refractivity contribution in [3.05, 3.63) is 23.9 Å². The Bertz CT molecular complexity index is 513. The fraction of sp³-hybridized carbons (Fsp3) is 0.500. The van der Waals surface area contributed by atoms with Crippen LogP contribution in [0.2, 0.25) is 0 Å². The lowest BCUT2D eigenvalue weighted by atomic mass is 10.0. The van der Waals surface area contributed by atoms with Crippen molar-refractivity contribution in [2.45, 2.75) is 19.4 Å². The van der Waals surface area contributed by atoms with Gasteiger partial charge in [-0.1, -0.05) is 6.92 Å². The molecule has 1 amide bonds. The quantitative estimate of drug-likeness (QED) is 0.895. The molecule has 0 radical (unpaired) electrons. The first kappa shape index (κ1) is 14.3. The van der Waals surface area contributed by atoms with Crippen molar-refractivity contribution < 1.29 is 14.7 Å². The van der Waals surface area contributed by atoms with Gasteiger partial charge in [0, 0.05) is 26.8 Å². The van der Waals surface area contributed by atoms with Crippen LogP contribution in [-0.4, -0.2) is 53.5 Å². The van der Waals surface area contributed by atoms with E-state index >= 15 is 0 Å². The molecule has 1 aromatic heterocycles. The Kier molecular flexibility index (Phi) is 3.92. The van der Waals surface area contributed by atoms with Gasteiger partial charge in [-0.2, -0.15) is 0 Å². The molecule has 1 fully saturated rings. The normalized spacial score (nSPS) is 21.9. The molecule has 0 aromatic carbocycles. The van der Waals surface area contributed by atoms with Crippen LogP contribution in [0.4, 0.5) is 5.82 Å². The van der Waals surface area contributed by atoms with Gasteiger partial charge < -0.3 is 14.9 Å². The third kappa shape index (κ3) is 2.59. The van der Waals surface area contributed by atoms with E-state index in [2.05, 4.69) is 4.98 Å². The fourth-order valence-electron chi connectivity index (χ4n) is 2.49. The number of aromatic nitrogens is 1. The minimum Gasteiger partial charge on any atom is -0.480 e. The highest BCUT2D eigenvalue weighted by Gasteiger charge is 2.39. The molecule has 2 unspecified atom stereocenters. The minimum atomic E-state index is -0.943. The second-order valence-corrected chi connectivity index (χ2v) is 5.35. The molecule has 1 aliphatic heterocycles. The van der Waals surface area contributed by atoms with Crippen molar-refractivity contribution >= 4 is 17.7 Å². The van der Waals surface area contributed by atoms with Crippen LogP contribution in [0, 0.1) is 5.92 Å². The lowest BCUT2D eigenvalue weighted by molar-refractivity contribution is -0.142. The number of carboxylic acids is 1. The second kappa shape index (κ2) is 5.48. The predicted octanol–water partition coefficient (Wildman–Crippen LogP) is 1.08. The summed E-state index contributed by atoms with van der Waals surface area (Å²) in [6.45, 7) is 2.34. The first-order chi connectivity index (χ1) is 9.41. The Hall–Kier alpha value is -2.11. The summed E-state index contributed by atoms with van der Waals surface area (Å²) >= 11 is 0. The number of hydrogen-bond acceptors (Lipinski definition) is 4. The molecule has 2 heterocycles. The Labute approximate surface area is 118 Å². The molecule has 1 N–H and O–H groups in total. The maximum atomic E-state index is 12.4. The summed E-state index contributed by atoms with van der Waals surface area (Å²) < 4.78 is 0. The van der Waals surface area contributed by atoms with E-state index in [0.29, 0.717) is 18.5 Å². The summed E-state index contributed by atoms with van der Waals surface area (Å²) in [7, 11) is 3.73. The van der Waals surface area contributed by atoms with Gasteiger partial charge in [0.25, 0.3) is 5.91 Å². The van der Waals surface area contributed by atoms with Crippen LogP contribution in [0.25, 0.3) is 0 Å². The molecule has 0 bridgehead atoms. The summed E-state index contributed by atoms with van der Waals surface area (Å²) in [6, 6.07) is 2.70. The van der Waals surface area contributed by atoms with E-state index in [4.69, 9.17) is 0 Å². The second-order valence-electron chi connectivity index (χ2n) is 5.35. The number of anilines is 1. The largest absolute Gasteiger partial charge is 0.480 e. The molecule has 20 heavy (non-hydrogen) atoms. The molecular formula is C14H19N3O3. The fourth-order valence-corrected chi connectivity index (χ4v) is 2.49. The summed E-state index contributed by atoms with van der Waals surface area (Å²) in [4.78, 5) is 31.1. The molecule has 6 nitrogen and oxygen atoms in total. The van der Waals surface area contributed by atoms with Crippen LogP contribution in [0.3, 0.4) is 0 Å². The van der Waals surface area contributed by atoms with Gasteiger partial charge in [-0.25, -0.2) is 9.78 Å². The van der Waals surface area contributed by atoms with Crippen molar-refractivity contribution in [2.75, 3.05) is 25.5 Å². The molecule has 0 spiro atoms. The number of pyridine rings is 1. The van der Waals surface area contributed by atoms with E-state index in [1.807, 2.05) is 25.9 Å². The lowest BCUT2D eigenvalue weighted by Crippen LogP contribution is -2.42. The zero-order valence-electron chi connectivity index (χ0n) is 11.9. The third-order valence-electron chi connectivity index (χ3n) is 3.67. The summed E-state index contributed by atoms with van der Waals surface area (Å²) in [5.41, 5.74) is 0.427. The highest BCUT2D eigenvalue weighted by atomic mass is 16.4. The van der Waals surface area contributed by atoms with E-state index in [-0.39, 0.29) is 11.8 Å². The molecule has 1 aromatic rings. The molecule has 108 valence electrons. The average molecular weight is 277 g/mol. The minimum absolute atomic E-state index is 0.0227. The molecule has 6 heteroatoms. The highest BCUT2D eigenvalue weighted by molar-refractivity contribution is 5.97. The molecule has 0 saturated carbocycles. The van der Waals surface area contributed by atoms with Crippen LogP contribution in [0.5, 0.6) is 0 Å². The van der Waals surface area contributed by atoms with Crippen LogP contribution in [-0.2, 0) is 4.79 Å². The zero-order chi connectivity index (χ0) is 14.9. The first-order valence-corrected chi connectivity index (χ1v) is 6.59. The SMILES string of the molecule is CC1CCN(C(=O)c2ccc(N(C)C)nc2)C1C(=O)O. The van der Waals surface area contributed by atoms with E-state index < -0.39 is 12.0 Å². The Balaban J connectivity index is 2.20. The topological polar surface area (TPSA) is 73.7 Å². The molecule has 1 aliphatic rings. The average Bonchev–Trinajstić information content (AvgIpc) is 2.80. The summed E-state index contributed by atoms with van der Waals surface area (Å²) in [5, 5.41) is 9.25. The van der Waals surface area contributed by atoms with Gasteiger partial charge in [0.2, 0.25) is 0 Å². The molecule has 1 saturated heterocycles. The smallest absolute Gasteiger partial charge is 0.326 e. The van der Waals surface area contributed by atoms with Crippen LogP contribution >= 0.6 is 0 Å². The Morgan fingerprint density at radius 2 is 2.10 bits per heavy atom. The number of amides is 1. The number of carboxylic acid groups (broad SMARTS) is 1. The molecular weight excluding hydrogens is 258 g/mol. The first-order valence-electron chi connectivity index (χ1n) is 6.59. The van der Waals surface area contributed by atoms with Crippen molar-refractivity contribution in [3.63, 3.8) is 0 Å². The van der Waals surface area contributed by atoms with Crippen LogP contribution < -0.4 is 4.90 Å². The third-order valence-corrected chi connectivity index (χ3v) is 3.67. The van der Waals surface area contributed by atoms with Gasteiger partial charge in [-0.3, -0.25) is 4.79 Å². The molecule has 0 aliphatic carbocycles. The monoisotopic (exact) mass is 277 g/mol. The van der Waals surface area contributed by atoms with E-state index in [9.17, 15) is 14.7 Å². The zero-order valence-corrected chi connectivity index (χ0v) is 11.9. The van der Waals surface area contributed by atoms with E-state index in [1.165, 1.54) is 11.1 Å². The summed E-state index contributed by atoms with van der Waals surface area (Å²) in [6.07, 6.45) is 2.21. The molecule has 2 rings (SSSR count). The maximum Gasteiger partial charge on any atom is 0.326 e. The number of carbonyl (C=O) groups excluding carboxylic acids is 1. The highest BCUT2D eigenvalue weighted by Crippen LogP contribution is 2.26. The maximum absolute atomic E-state index is 12.4. The van der Waals surface area contributed by atoms with Gasteiger partial charge in [-0.05, 0) is 24.5 Å². The predicted molar refractivity (Wildman–Crippen MR) is 74.8 cm³/mol. The van der Waals surface area contributed by atoms with Crippen molar-refractivity contribution in [1.29, 1.82) is 0 Å². The van der Waals surface area contributed by atoms with Gasteiger partial charge in [0.15, 0.2) is 0 Å². The van der Waals surface area contributed by atoms with Gasteiger partial charge >= 0.3 is 5.97 Å².